The van der Waals surface area contributed by atoms with Crippen molar-refractivity contribution in [3.05, 3.63) is 0 Å². The van der Waals surface area contributed by atoms with E-state index in [-0.39, 0.29) is 43.8 Å². The summed E-state index contributed by atoms with van der Waals surface area (Å²) in [5, 5.41) is 12.2. The summed E-state index contributed by atoms with van der Waals surface area (Å²) in [6, 6.07) is 0. The molecule has 0 aromatic heterocycles. The van der Waals surface area contributed by atoms with Gasteiger partial charge < -0.3 is 53.8 Å². The van der Waals surface area contributed by atoms with E-state index in [1.807, 2.05) is 10.6 Å². The minimum absolute atomic E-state index is 0. The molecule has 0 heterocycles. The highest BCUT2D eigenvalue weighted by Crippen LogP contribution is 1.43. The second kappa shape index (κ2) is 18.2. The lowest BCUT2D eigenvalue weighted by Crippen LogP contribution is -3.19. The van der Waals surface area contributed by atoms with Gasteiger partial charge in [-0.05, 0) is 0 Å². The van der Waals surface area contributed by atoms with Crippen LogP contribution in [0.3, 0.4) is 0 Å². The Morgan fingerprint density at radius 2 is 1.47 bits per heavy atom. The number of hydrogen-bond acceptors (Lipinski definition) is 3. The minimum atomic E-state index is -0.884. The highest BCUT2D eigenvalue weighted by molar-refractivity contribution is 5.68. The van der Waals surface area contributed by atoms with Crippen LogP contribution in [0.25, 0.3) is 0 Å². The molecule has 7 nitrogen and oxygen atoms in total. The fourth-order valence-electron chi connectivity index (χ4n) is 0.883. The zero-order valence-corrected chi connectivity index (χ0v) is 11.6. The van der Waals surface area contributed by atoms with Crippen LogP contribution >= 0.6 is 0 Å². The molecule has 17 heavy (non-hydrogen) atoms. The van der Waals surface area contributed by atoms with Crippen molar-refractivity contribution in [2.75, 3.05) is 32.7 Å². The van der Waals surface area contributed by atoms with Crippen molar-refractivity contribution in [1.29, 1.82) is 0 Å². The lowest BCUT2D eigenvalue weighted by atomic mass is 10.6. The van der Waals surface area contributed by atoms with Crippen molar-refractivity contribution < 1.29 is 62.7 Å². The van der Waals surface area contributed by atoms with Crippen LogP contribution in [-0.4, -0.2) is 49.8 Å². The van der Waals surface area contributed by atoms with Crippen molar-refractivity contribution in [1.82, 2.24) is 0 Å². The van der Waals surface area contributed by atoms with Gasteiger partial charge in [0.2, 0.25) is 6.54 Å². The predicted molar refractivity (Wildman–Crippen MR) is 50.2 cm³/mol. The fraction of sp³-hybridized carbons (Fsp3) is 0.714. The van der Waals surface area contributed by atoms with Crippen molar-refractivity contribution >= 4 is 11.9 Å². The third-order valence-corrected chi connectivity index (χ3v) is 1.51. The first-order valence-corrected chi connectivity index (χ1v) is 4.60. The fourth-order valence-corrected chi connectivity index (χ4v) is 0.883. The van der Waals surface area contributed by atoms with Crippen molar-refractivity contribution in [2.24, 2.45) is 11.5 Å². The van der Waals surface area contributed by atoms with Crippen LogP contribution in [-0.2, 0) is 4.79 Å². The molecule has 0 amide bonds. The molecule has 0 spiro atoms. The second-order valence-corrected chi connectivity index (χ2v) is 2.77. The maximum Gasteiger partial charge on any atom is 0.525 e. The first-order chi connectivity index (χ1) is 6.70. The van der Waals surface area contributed by atoms with E-state index in [0.29, 0.717) is 13.1 Å². The maximum absolute atomic E-state index is 10.3. The molecule has 0 aliphatic rings. The van der Waals surface area contributed by atoms with Gasteiger partial charge in [-0.3, -0.25) is 0 Å². The van der Waals surface area contributed by atoms with Crippen LogP contribution < -0.4 is 64.3 Å². The Kier molecular flexibility index (Phi) is 27.5. The predicted octanol–water partition coefficient (Wildman–Crippen LogP) is -15.4. The van der Waals surface area contributed by atoms with Gasteiger partial charge in [-0.15, -0.1) is 4.99 Å². The molecule has 0 unspecified atom stereocenters. The van der Waals surface area contributed by atoms with Crippen LogP contribution in [0.4, 0.5) is 0 Å². The van der Waals surface area contributed by atoms with Gasteiger partial charge in [-0.25, -0.2) is 15.4 Å². The lowest BCUT2D eigenvalue weighted by Gasteiger charge is -1.95. The van der Waals surface area contributed by atoms with Crippen molar-refractivity contribution in [2.45, 2.75) is 0 Å². The summed E-state index contributed by atoms with van der Waals surface area (Å²) >= 11 is 0. The summed E-state index contributed by atoms with van der Waals surface area (Å²) in [5.41, 5.74) is 10.7. The minimum Gasteiger partial charge on any atom is -1.00 e. The van der Waals surface area contributed by atoms with E-state index >= 15 is 0 Å². The summed E-state index contributed by atoms with van der Waals surface area (Å²) in [5.74, 6) is -0.0897. The smallest absolute Gasteiger partial charge is 0.525 e. The first kappa shape index (κ1) is 25.6. The van der Waals surface area contributed by atoms with E-state index in [9.17, 15) is 4.79 Å². The number of carboxylic acids is 1. The number of nitrogens with one attached hydrogen (secondary N) is 1. The number of aliphatic carboxylic acids is 1. The third-order valence-electron chi connectivity index (χ3n) is 1.51. The average Bonchev–Trinajstić information content (AvgIpc) is 2.16. The topological polar surface area (TPSA) is 137 Å². The molecule has 106 valence electrons. The maximum atomic E-state index is 10.3. The number of guanidine groups is 1. The number of quaternary nitrogens is 2. The largest absolute Gasteiger partial charge is 1.00 e. The Morgan fingerprint density at radius 1 is 1.06 bits per heavy atom. The number of halogens is 3. The molecule has 0 aliphatic carbocycles. The Labute approximate surface area is 119 Å². The van der Waals surface area contributed by atoms with Crippen LogP contribution in [0.15, 0.2) is 0 Å². The molecule has 10 heteroatoms. The molecule has 0 bridgehead atoms. The molecule has 10 N–H and O–H groups in total. The molecule has 0 rings (SSSR count). The zero-order chi connectivity index (χ0) is 10.8. The van der Waals surface area contributed by atoms with E-state index < -0.39 is 5.97 Å². The molecule has 0 aliphatic heterocycles. The standard InChI is InChI=1S/C7H17N5O2.3ClH/c8-1-3-10-7(11-4-2-9)12-5-6(13)14;;;/h1-5,8-9H2,(H,13,14)(H2,10,11,12);3*1H. The van der Waals surface area contributed by atoms with E-state index in [0.717, 1.165) is 19.0 Å². The lowest BCUT2D eigenvalue weighted by molar-refractivity contribution is -0.746. The van der Waals surface area contributed by atoms with Crippen LogP contribution in [0, 0.1) is 0 Å². The molecular weight excluding hydrogens is 292 g/mol. The Hall–Kier alpha value is -0.150. The average molecular weight is 313 g/mol. The van der Waals surface area contributed by atoms with Gasteiger partial charge in [-0.2, -0.15) is 0 Å². The molecular formula is C7H20Cl3N5O2. The van der Waals surface area contributed by atoms with E-state index in [1.54, 1.807) is 0 Å². The summed E-state index contributed by atoms with van der Waals surface area (Å²) in [6.07, 6.45) is 0. The van der Waals surface area contributed by atoms with E-state index in [2.05, 4.69) is 4.99 Å². The van der Waals surface area contributed by atoms with Crippen molar-refractivity contribution in [3.8, 4) is 0 Å². The van der Waals surface area contributed by atoms with Crippen LogP contribution in [0.1, 0.15) is 0 Å². The van der Waals surface area contributed by atoms with Gasteiger partial charge in [0.05, 0.1) is 0 Å². The van der Waals surface area contributed by atoms with E-state index in [4.69, 9.17) is 16.6 Å². The normalized spacial score (nSPS) is 8.12. The van der Waals surface area contributed by atoms with Gasteiger partial charge in [0.1, 0.15) is 13.1 Å². The van der Waals surface area contributed by atoms with Gasteiger partial charge in [0.15, 0.2) is 0 Å². The summed E-state index contributed by atoms with van der Waals surface area (Å²) in [7, 11) is 0. The summed E-state index contributed by atoms with van der Waals surface area (Å²) in [6.45, 7) is 2.47. The molecule has 0 radical (unpaired) electrons. The molecule has 0 fully saturated rings. The van der Waals surface area contributed by atoms with Gasteiger partial charge >= 0.3 is 11.9 Å². The highest BCUT2D eigenvalue weighted by Gasteiger charge is 2.14. The van der Waals surface area contributed by atoms with Crippen LogP contribution in [0.2, 0.25) is 0 Å². The Balaban J connectivity index is -0.000000282. The SMILES string of the molecule is NCC[NH2+]C(=[NH+]CC(=O)O)[NH2+]CCN.[Cl-].[Cl-].[Cl-]. The molecule has 0 saturated heterocycles. The van der Waals surface area contributed by atoms with Gasteiger partial charge in [0, 0.05) is 13.1 Å². The van der Waals surface area contributed by atoms with Crippen LogP contribution in [0.5, 0.6) is 0 Å². The van der Waals surface area contributed by atoms with Gasteiger partial charge in [0.25, 0.3) is 0 Å². The molecule has 0 aromatic carbocycles. The van der Waals surface area contributed by atoms with Crippen molar-refractivity contribution in [3.63, 3.8) is 0 Å². The summed E-state index contributed by atoms with van der Waals surface area (Å²) in [4.78, 5) is 13.1. The number of nitrogens with two attached hydrogens (primary N) is 4. The second-order valence-electron chi connectivity index (χ2n) is 2.77. The van der Waals surface area contributed by atoms with Gasteiger partial charge in [-0.1, -0.05) is 0 Å². The molecule has 0 aromatic rings. The van der Waals surface area contributed by atoms with E-state index in [1.165, 1.54) is 0 Å². The summed E-state index contributed by atoms with van der Waals surface area (Å²) < 4.78 is 0. The zero-order valence-electron chi connectivity index (χ0n) is 9.33. The number of rotatable bonds is 6. The number of carboxylic acid groups (broad SMARTS) is 1. The molecule has 0 atom stereocenters. The molecule has 0 saturated carbocycles. The third kappa shape index (κ3) is 18.4. The highest BCUT2D eigenvalue weighted by atomic mass is 35.5. The number of hydrogen-bond donors (Lipinski definition) is 6. The number of carbonyl (C=O) groups is 1. The Bertz CT molecular complexity index is 196. The first-order valence-electron chi connectivity index (χ1n) is 4.60. The quantitative estimate of drug-likeness (QED) is 0.214. The monoisotopic (exact) mass is 311 g/mol. The Morgan fingerprint density at radius 3 is 1.76 bits per heavy atom.